The molecule has 3 atom stereocenters. The van der Waals surface area contributed by atoms with Gasteiger partial charge in [0.2, 0.25) is 12.2 Å². The normalized spacial score (nSPS) is 32.6. The lowest BCUT2D eigenvalue weighted by Gasteiger charge is -2.23. The topological polar surface area (TPSA) is 67.9 Å². The number of hydrogen-bond acceptors (Lipinski definition) is 5. The van der Waals surface area contributed by atoms with E-state index in [1.165, 1.54) is 0 Å². The molecule has 2 rings (SSSR count). The smallest absolute Gasteiger partial charge is 0.310 e. The lowest BCUT2D eigenvalue weighted by Crippen LogP contribution is -2.48. The van der Waals surface area contributed by atoms with Crippen LogP contribution in [-0.2, 0) is 19.1 Å². The minimum Gasteiger partial charge on any atom is -0.433 e. The Morgan fingerprint density at radius 2 is 2.39 bits per heavy atom. The van der Waals surface area contributed by atoms with Crippen LogP contribution in [0.15, 0.2) is 0 Å². The fourth-order valence-corrected chi connectivity index (χ4v) is 2.49. The lowest BCUT2D eigenvalue weighted by molar-refractivity contribution is -0.164. The van der Waals surface area contributed by atoms with E-state index in [1.54, 1.807) is 0 Å². The van der Waals surface area contributed by atoms with Crippen molar-refractivity contribution in [1.82, 2.24) is 10.2 Å². The van der Waals surface area contributed by atoms with Gasteiger partial charge in [-0.25, -0.2) is 0 Å². The summed E-state index contributed by atoms with van der Waals surface area (Å²) in [4.78, 5) is 25.4. The van der Waals surface area contributed by atoms with Crippen LogP contribution in [0, 0.1) is 0 Å². The van der Waals surface area contributed by atoms with E-state index in [2.05, 4.69) is 5.32 Å². The van der Waals surface area contributed by atoms with Gasteiger partial charge in [-0.3, -0.25) is 14.5 Å². The first kappa shape index (κ1) is 13.3. The third kappa shape index (κ3) is 2.81. The molecule has 18 heavy (non-hydrogen) atoms. The second-order valence-electron chi connectivity index (χ2n) is 4.77. The van der Waals surface area contributed by atoms with Crippen LogP contribution < -0.4 is 5.32 Å². The Bertz CT molecular complexity index is 334. The lowest BCUT2D eigenvalue weighted by atomic mass is 10.1. The largest absolute Gasteiger partial charge is 0.433 e. The molecular formula is C12H20N2O4. The molecular weight excluding hydrogens is 236 g/mol. The Kier molecular flexibility index (Phi) is 4.19. The Hall–Kier alpha value is -1.14. The van der Waals surface area contributed by atoms with Crippen LogP contribution in [0.2, 0.25) is 0 Å². The van der Waals surface area contributed by atoms with Gasteiger partial charge in [0.15, 0.2) is 0 Å². The van der Waals surface area contributed by atoms with Gasteiger partial charge in [0.1, 0.15) is 6.04 Å². The second kappa shape index (κ2) is 5.67. The third-order valence-electron chi connectivity index (χ3n) is 3.44. The molecule has 2 heterocycles. The zero-order valence-electron chi connectivity index (χ0n) is 10.8. The number of carbonyl (C=O) groups is 2. The Morgan fingerprint density at radius 1 is 1.61 bits per heavy atom. The summed E-state index contributed by atoms with van der Waals surface area (Å²) in [7, 11) is 1.94. The van der Waals surface area contributed by atoms with Crippen LogP contribution in [0.3, 0.4) is 0 Å². The predicted molar refractivity (Wildman–Crippen MR) is 63.7 cm³/mol. The van der Waals surface area contributed by atoms with Crippen LogP contribution in [0.4, 0.5) is 0 Å². The highest BCUT2D eigenvalue weighted by Gasteiger charge is 2.38. The summed E-state index contributed by atoms with van der Waals surface area (Å²) in [6, 6.07) is -0.457. The van der Waals surface area contributed by atoms with Gasteiger partial charge >= 0.3 is 5.97 Å². The summed E-state index contributed by atoms with van der Waals surface area (Å²) >= 11 is 0. The third-order valence-corrected chi connectivity index (χ3v) is 3.44. The van der Waals surface area contributed by atoms with E-state index >= 15 is 0 Å². The maximum absolute atomic E-state index is 12.1. The average molecular weight is 256 g/mol. The number of rotatable bonds is 4. The van der Waals surface area contributed by atoms with Crippen molar-refractivity contribution in [1.29, 1.82) is 0 Å². The molecule has 0 aromatic heterocycles. The summed E-state index contributed by atoms with van der Waals surface area (Å²) in [5.41, 5.74) is 0. The molecule has 102 valence electrons. The molecule has 1 N–H and O–H groups in total. The van der Waals surface area contributed by atoms with E-state index < -0.39 is 6.29 Å². The number of carbonyl (C=O) groups excluding carboxylic acids is 2. The van der Waals surface area contributed by atoms with Crippen LogP contribution in [-0.4, -0.2) is 55.3 Å². The molecule has 6 heteroatoms. The van der Waals surface area contributed by atoms with Crippen molar-refractivity contribution in [3.05, 3.63) is 0 Å². The summed E-state index contributed by atoms with van der Waals surface area (Å²) in [5.74, 6) is -0.360. The van der Waals surface area contributed by atoms with Crippen molar-refractivity contribution in [2.45, 2.75) is 44.6 Å². The first-order chi connectivity index (χ1) is 8.61. The highest BCUT2D eigenvalue weighted by atomic mass is 16.7. The average Bonchev–Trinajstić information content (AvgIpc) is 2.86. The van der Waals surface area contributed by atoms with Gasteiger partial charge in [-0.05, 0) is 33.4 Å². The fraction of sp³-hybridized carbons (Fsp3) is 0.833. The highest BCUT2D eigenvalue weighted by Crippen LogP contribution is 2.19. The van der Waals surface area contributed by atoms with Gasteiger partial charge in [0, 0.05) is 6.61 Å². The van der Waals surface area contributed by atoms with Gasteiger partial charge in [0.05, 0.1) is 12.5 Å². The van der Waals surface area contributed by atoms with E-state index in [1.807, 2.05) is 18.9 Å². The van der Waals surface area contributed by atoms with E-state index in [0.29, 0.717) is 6.61 Å². The number of likely N-dealkylation sites (tertiary alicyclic amines) is 1. The molecule has 0 unspecified atom stereocenters. The number of likely N-dealkylation sites (N-methyl/N-ethyl adjacent to an activating group) is 1. The van der Waals surface area contributed by atoms with Crippen molar-refractivity contribution in [3.63, 3.8) is 0 Å². The quantitative estimate of drug-likeness (QED) is 0.710. The van der Waals surface area contributed by atoms with Gasteiger partial charge in [-0.15, -0.1) is 0 Å². The monoisotopic (exact) mass is 256 g/mol. The predicted octanol–water partition coefficient (Wildman–Crippen LogP) is -0.125. The van der Waals surface area contributed by atoms with E-state index in [4.69, 9.17) is 9.47 Å². The van der Waals surface area contributed by atoms with E-state index in [0.717, 1.165) is 19.4 Å². The molecule has 2 aliphatic heterocycles. The highest BCUT2D eigenvalue weighted by molar-refractivity contribution is 5.83. The Labute approximate surface area is 107 Å². The molecule has 0 spiro atoms. The standard InChI is InChI=1S/C12H20N2O4/c1-3-17-12-8(7-10(15)18-12)13-11(16)9-5-4-6-14(9)2/h8-9,12H,3-7H2,1-2H3,(H,13,16)/t8-,9-,12+/m0/s1. The minimum atomic E-state index is -0.641. The zero-order chi connectivity index (χ0) is 13.1. The maximum Gasteiger partial charge on any atom is 0.310 e. The van der Waals surface area contributed by atoms with Gasteiger partial charge in [-0.1, -0.05) is 0 Å². The number of ether oxygens (including phenoxy) is 2. The van der Waals surface area contributed by atoms with Crippen LogP contribution in [0.5, 0.6) is 0 Å². The first-order valence-corrected chi connectivity index (χ1v) is 6.43. The molecule has 0 aromatic carbocycles. The summed E-state index contributed by atoms with van der Waals surface area (Å²) in [5, 5.41) is 2.87. The molecule has 0 radical (unpaired) electrons. The van der Waals surface area contributed by atoms with E-state index in [-0.39, 0.29) is 30.4 Å². The summed E-state index contributed by atoms with van der Waals surface area (Å²) in [6.07, 6.45) is 1.44. The Balaban J connectivity index is 1.91. The second-order valence-corrected chi connectivity index (χ2v) is 4.77. The summed E-state index contributed by atoms with van der Waals surface area (Å²) < 4.78 is 10.3. The molecule has 0 aromatic rings. The molecule has 0 bridgehead atoms. The first-order valence-electron chi connectivity index (χ1n) is 6.43. The van der Waals surface area contributed by atoms with Crippen LogP contribution >= 0.6 is 0 Å². The van der Waals surface area contributed by atoms with Gasteiger partial charge in [0.25, 0.3) is 0 Å². The van der Waals surface area contributed by atoms with Crippen molar-refractivity contribution in [3.8, 4) is 0 Å². The molecule has 0 aliphatic carbocycles. The number of nitrogens with one attached hydrogen (secondary N) is 1. The Morgan fingerprint density at radius 3 is 3.00 bits per heavy atom. The number of esters is 1. The minimum absolute atomic E-state index is 0.0389. The maximum atomic E-state index is 12.1. The van der Waals surface area contributed by atoms with Crippen LogP contribution in [0.1, 0.15) is 26.2 Å². The molecule has 2 fully saturated rings. The van der Waals surface area contributed by atoms with Crippen molar-refractivity contribution >= 4 is 11.9 Å². The van der Waals surface area contributed by atoms with E-state index in [9.17, 15) is 9.59 Å². The SMILES string of the molecule is CCO[C@@H]1OC(=O)C[C@@H]1NC(=O)[C@@H]1CCCN1C. The number of amides is 1. The number of hydrogen-bond donors (Lipinski definition) is 1. The fourth-order valence-electron chi connectivity index (χ4n) is 2.49. The molecule has 6 nitrogen and oxygen atoms in total. The summed E-state index contributed by atoms with van der Waals surface area (Å²) in [6.45, 7) is 3.22. The van der Waals surface area contributed by atoms with Crippen LogP contribution in [0.25, 0.3) is 0 Å². The number of nitrogens with zero attached hydrogens (tertiary/aromatic N) is 1. The zero-order valence-corrected chi connectivity index (χ0v) is 10.8. The van der Waals surface area contributed by atoms with Crippen molar-refractivity contribution < 1.29 is 19.1 Å². The van der Waals surface area contributed by atoms with Crippen molar-refractivity contribution in [2.75, 3.05) is 20.2 Å². The molecule has 0 saturated carbocycles. The molecule has 1 amide bonds. The van der Waals surface area contributed by atoms with Crippen molar-refractivity contribution in [2.24, 2.45) is 0 Å². The van der Waals surface area contributed by atoms with Gasteiger partial charge < -0.3 is 14.8 Å². The van der Waals surface area contributed by atoms with Gasteiger partial charge in [-0.2, -0.15) is 0 Å². The molecule has 2 saturated heterocycles. The number of cyclic esters (lactones) is 1. The molecule has 2 aliphatic rings.